The Balaban J connectivity index is 1.52. The summed E-state index contributed by atoms with van der Waals surface area (Å²) in [6.45, 7) is 0.938. The number of benzene rings is 2. The second-order valence-corrected chi connectivity index (χ2v) is 8.44. The highest BCUT2D eigenvalue weighted by atomic mass is 16.5. The quantitative estimate of drug-likeness (QED) is 0.509. The molecule has 1 amide bonds. The summed E-state index contributed by atoms with van der Waals surface area (Å²) in [6.07, 6.45) is 1.77. The number of hydrogen-bond donors (Lipinski definition) is 1. The van der Waals surface area contributed by atoms with Crippen LogP contribution in [0, 0.1) is 5.92 Å². The zero-order valence-corrected chi connectivity index (χ0v) is 19.1. The van der Waals surface area contributed by atoms with Crippen LogP contribution in [0.15, 0.2) is 72.9 Å². The Morgan fingerprint density at radius 2 is 1.73 bits per heavy atom. The molecule has 0 saturated heterocycles. The van der Waals surface area contributed by atoms with Crippen LogP contribution in [0.5, 0.6) is 0 Å². The number of aliphatic hydroxyl groups is 1. The minimum Gasteiger partial charge on any atom is -0.389 e. The number of aliphatic hydroxyl groups excluding tert-OH is 1. The first-order valence-corrected chi connectivity index (χ1v) is 11.2. The molecule has 0 spiro atoms. The normalized spacial score (nSPS) is 18.0. The Morgan fingerprint density at radius 3 is 2.33 bits per heavy atom. The Hall–Kier alpha value is -3.06. The van der Waals surface area contributed by atoms with E-state index in [-0.39, 0.29) is 30.9 Å². The van der Waals surface area contributed by atoms with Gasteiger partial charge in [0.25, 0.3) is 0 Å². The van der Waals surface area contributed by atoms with E-state index in [0.29, 0.717) is 6.61 Å². The van der Waals surface area contributed by atoms with Gasteiger partial charge in [-0.05, 0) is 47.4 Å². The average molecular weight is 447 g/mol. The zero-order chi connectivity index (χ0) is 23.2. The highest BCUT2D eigenvalue weighted by Gasteiger charge is 2.47. The van der Waals surface area contributed by atoms with Crippen LogP contribution in [0.2, 0.25) is 0 Å². The van der Waals surface area contributed by atoms with Gasteiger partial charge in [0.2, 0.25) is 5.91 Å². The van der Waals surface area contributed by atoms with Gasteiger partial charge in [0.1, 0.15) is 0 Å². The lowest BCUT2D eigenvalue weighted by atomic mass is 10.0. The van der Waals surface area contributed by atoms with Crippen LogP contribution in [0.3, 0.4) is 0 Å². The van der Waals surface area contributed by atoms with Gasteiger partial charge in [0, 0.05) is 43.6 Å². The van der Waals surface area contributed by atoms with Gasteiger partial charge in [-0.15, -0.1) is 0 Å². The summed E-state index contributed by atoms with van der Waals surface area (Å²) in [6, 6.07) is 21.9. The molecule has 1 aromatic heterocycles. The molecule has 0 bridgehead atoms. The lowest BCUT2D eigenvalue weighted by molar-refractivity contribution is -0.120. The predicted molar refractivity (Wildman–Crippen MR) is 128 cm³/mol. The third-order valence-electron chi connectivity index (χ3n) is 5.97. The second-order valence-electron chi connectivity index (χ2n) is 8.44. The predicted octanol–water partition coefficient (Wildman–Crippen LogP) is 4.04. The van der Waals surface area contributed by atoms with Crippen molar-refractivity contribution >= 4 is 11.6 Å². The molecule has 3 aromatic rings. The monoisotopic (exact) mass is 446 g/mol. The number of pyridine rings is 1. The largest absolute Gasteiger partial charge is 0.389 e. The third-order valence-corrected chi connectivity index (χ3v) is 5.97. The molecule has 1 aliphatic carbocycles. The SMILES string of the molecule is COCc1ccc(-c2ccc(N(CC(O)COC)C(=O)C3CC3c3ccccn3)cc2)cc1. The van der Waals surface area contributed by atoms with E-state index < -0.39 is 6.10 Å². The molecule has 0 radical (unpaired) electrons. The Morgan fingerprint density at radius 1 is 1.03 bits per heavy atom. The molecule has 6 nitrogen and oxygen atoms in total. The number of rotatable bonds is 10. The number of amides is 1. The third kappa shape index (κ3) is 5.66. The molecule has 1 aliphatic rings. The van der Waals surface area contributed by atoms with Crippen molar-refractivity contribution in [3.63, 3.8) is 0 Å². The van der Waals surface area contributed by atoms with Gasteiger partial charge in [0.05, 0.1) is 25.9 Å². The lowest BCUT2D eigenvalue weighted by Crippen LogP contribution is -2.40. The molecule has 1 saturated carbocycles. The van der Waals surface area contributed by atoms with Gasteiger partial charge in [0.15, 0.2) is 0 Å². The van der Waals surface area contributed by atoms with Crippen LogP contribution in [0.4, 0.5) is 5.69 Å². The van der Waals surface area contributed by atoms with Gasteiger partial charge in [-0.1, -0.05) is 42.5 Å². The van der Waals surface area contributed by atoms with Crippen molar-refractivity contribution in [1.82, 2.24) is 4.98 Å². The molecule has 172 valence electrons. The molecule has 1 heterocycles. The standard InChI is InChI=1S/C27H30N2O4/c1-32-17-19-6-8-20(9-7-19)21-10-12-22(13-11-21)29(16-23(30)18-33-2)27(31)25-15-24(25)26-5-3-4-14-28-26/h3-14,23-25,30H,15-18H2,1-2H3. The molecule has 4 rings (SSSR count). The number of aromatic nitrogens is 1. The summed E-state index contributed by atoms with van der Waals surface area (Å²) in [5.74, 6) is 0.0192. The van der Waals surface area contributed by atoms with Crippen molar-refractivity contribution in [3.05, 3.63) is 84.2 Å². The summed E-state index contributed by atoms with van der Waals surface area (Å²) < 4.78 is 10.3. The lowest BCUT2D eigenvalue weighted by Gasteiger charge is -2.26. The van der Waals surface area contributed by atoms with E-state index in [1.165, 1.54) is 0 Å². The number of methoxy groups -OCH3 is 2. The molecular formula is C27H30N2O4. The fourth-order valence-corrected chi connectivity index (χ4v) is 4.16. The summed E-state index contributed by atoms with van der Waals surface area (Å²) in [4.78, 5) is 19.5. The van der Waals surface area contributed by atoms with Gasteiger partial charge in [-0.3, -0.25) is 9.78 Å². The average Bonchev–Trinajstić information content (AvgIpc) is 3.65. The summed E-state index contributed by atoms with van der Waals surface area (Å²) in [7, 11) is 3.23. The van der Waals surface area contributed by atoms with Crippen molar-refractivity contribution < 1.29 is 19.4 Å². The second kappa shape index (κ2) is 10.7. The first kappa shape index (κ1) is 23.1. The van der Waals surface area contributed by atoms with Crippen LogP contribution in [-0.2, 0) is 20.9 Å². The van der Waals surface area contributed by atoms with Crippen molar-refractivity contribution in [2.45, 2.75) is 25.0 Å². The van der Waals surface area contributed by atoms with Crippen LogP contribution >= 0.6 is 0 Å². The first-order chi connectivity index (χ1) is 16.1. The number of hydrogen-bond acceptors (Lipinski definition) is 5. The van der Waals surface area contributed by atoms with E-state index in [1.807, 2.05) is 42.5 Å². The van der Waals surface area contributed by atoms with Gasteiger partial charge in [-0.2, -0.15) is 0 Å². The number of nitrogens with zero attached hydrogens (tertiary/aromatic N) is 2. The minimum atomic E-state index is -0.765. The highest BCUT2D eigenvalue weighted by molar-refractivity contribution is 5.97. The van der Waals surface area contributed by atoms with Gasteiger partial charge in [-0.25, -0.2) is 0 Å². The van der Waals surface area contributed by atoms with Crippen LogP contribution in [0.1, 0.15) is 23.6 Å². The number of carbonyl (C=O) groups is 1. The van der Waals surface area contributed by atoms with Crippen molar-refractivity contribution in [3.8, 4) is 11.1 Å². The van der Waals surface area contributed by atoms with Gasteiger partial charge >= 0.3 is 0 Å². The van der Waals surface area contributed by atoms with E-state index in [4.69, 9.17) is 9.47 Å². The molecule has 3 unspecified atom stereocenters. The molecule has 1 N–H and O–H groups in total. The molecular weight excluding hydrogens is 416 g/mol. The molecule has 0 aliphatic heterocycles. The molecule has 3 atom stereocenters. The smallest absolute Gasteiger partial charge is 0.230 e. The maximum atomic E-state index is 13.4. The Labute approximate surface area is 194 Å². The van der Waals surface area contributed by atoms with E-state index >= 15 is 0 Å². The highest BCUT2D eigenvalue weighted by Crippen LogP contribution is 2.48. The van der Waals surface area contributed by atoms with E-state index in [2.05, 4.69) is 29.2 Å². The summed E-state index contributed by atoms with van der Waals surface area (Å²) >= 11 is 0. The number of carbonyl (C=O) groups excluding carboxylic acids is 1. The molecule has 1 fully saturated rings. The van der Waals surface area contributed by atoms with Crippen LogP contribution in [-0.4, -0.2) is 49.5 Å². The van der Waals surface area contributed by atoms with Gasteiger partial charge < -0.3 is 19.5 Å². The topological polar surface area (TPSA) is 71.9 Å². The van der Waals surface area contributed by atoms with E-state index in [9.17, 15) is 9.90 Å². The maximum absolute atomic E-state index is 13.4. The summed E-state index contributed by atoms with van der Waals surface area (Å²) in [5.41, 5.74) is 4.98. The Kier molecular flexibility index (Phi) is 7.50. The Bertz CT molecular complexity index is 1040. The fraction of sp³-hybridized carbons (Fsp3) is 0.333. The summed E-state index contributed by atoms with van der Waals surface area (Å²) in [5, 5.41) is 10.4. The van der Waals surface area contributed by atoms with E-state index in [1.54, 1.807) is 25.3 Å². The number of anilines is 1. The van der Waals surface area contributed by atoms with Crippen LogP contribution in [0.25, 0.3) is 11.1 Å². The van der Waals surface area contributed by atoms with Crippen molar-refractivity contribution in [1.29, 1.82) is 0 Å². The maximum Gasteiger partial charge on any atom is 0.230 e. The molecule has 33 heavy (non-hydrogen) atoms. The van der Waals surface area contributed by atoms with Crippen molar-refractivity contribution in [2.75, 3.05) is 32.3 Å². The number of ether oxygens (including phenoxy) is 2. The first-order valence-electron chi connectivity index (χ1n) is 11.2. The molecule has 2 aromatic carbocycles. The van der Waals surface area contributed by atoms with E-state index in [0.717, 1.165) is 34.5 Å². The van der Waals surface area contributed by atoms with Crippen molar-refractivity contribution in [2.24, 2.45) is 5.92 Å². The minimum absolute atomic E-state index is 0.0116. The zero-order valence-electron chi connectivity index (χ0n) is 19.1. The molecule has 6 heteroatoms. The fourth-order valence-electron chi connectivity index (χ4n) is 4.16. The van der Waals surface area contributed by atoms with Crippen LogP contribution < -0.4 is 4.90 Å².